The molecule has 0 spiro atoms. The van der Waals surface area contributed by atoms with Crippen LogP contribution in [0, 0.1) is 0 Å². The summed E-state index contributed by atoms with van der Waals surface area (Å²) in [4.78, 5) is 24.8. The van der Waals surface area contributed by atoms with Crippen LogP contribution in [0.4, 0.5) is 29.3 Å². The Bertz CT molecular complexity index is 1890. The summed E-state index contributed by atoms with van der Waals surface area (Å²) in [5.74, 6) is -0.398. The van der Waals surface area contributed by atoms with Gasteiger partial charge in [0.25, 0.3) is 10.0 Å². The van der Waals surface area contributed by atoms with Gasteiger partial charge in [0.05, 0.1) is 41.9 Å². The van der Waals surface area contributed by atoms with Crippen molar-refractivity contribution in [1.82, 2.24) is 15.1 Å². The molecule has 0 unspecified atom stereocenters. The first-order valence-electron chi connectivity index (χ1n) is 14.9. The van der Waals surface area contributed by atoms with Crippen LogP contribution in [0.2, 0.25) is 0 Å². The summed E-state index contributed by atoms with van der Waals surface area (Å²) in [6.07, 6.45) is -3.41. The van der Waals surface area contributed by atoms with Crippen LogP contribution in [-0.4, -0.2) is 48.4 Å². The highest BCUT2D eigenvalue weighted by molar-refractivity contribution is 7.92. The number of carbonyl (C=O) groups excluding carboxylic acids is 2. The molecule has 0 saturated carbocycles. The Hall–Kier alpha value is -5.05. The number of fused-ring (bicyclic) bond motifs is 1. The maximum atomic E-state index is 13.9. The number of nitrogens with one attached hydrogen (secondary N) is 2. The van der Waals surface area contributed by atoms with E-state index in [0.717, 1.165) is 33.6 Å². The second-order valence-corrected chi connectivity index (χ2v) is 14.0. The fourth-order valence-corrected chi connectivity index (χ4v) is 6.48. The summed E-state index contributed by atoms with van der Waals surface area (Å²) in [5.41, 5.74) is -0.0311. The Labute approximate surface area is 275 Å². The number of ether oxygens (including phenoxy) is 2. The smallest absolute Gasteiger partial charge is 0.416 e. The molecule has 48 heavy (non-hydrogen) atoms. The molecule has 2 heterocycles. The molecular weight excluding hydrogens is 651 g/mol. The highest BCUT2D eigenvalue weighted by Crippen LogP contribution is 2.40. The average molecular weight is 686 g/mol. The lowest BCUT2D eigenvalue weighted by Crippen LogP contribution is -2.45. The van der Waals surface area contributed by atoms with Crippen molar-refractivity contribution in [2.75, 3.05) is 16.2 Å². The van der Waals surface area contributed by atoms with E-state index in [1.165, 1.54) is 18.2 Å². The van der Waals surface area contributed by atoms with E-state index in [1.807, 2.05) is 30.3 Å². The van der Waals surface area contributed by atoms with Crippen molar-refractivity contribution in [3.05, 3.63) is 102 Å². The van der Waals surface area contributed by atoms with E-state index < -0.39 is 56.9 Å². The van der Waals surface area contributed by atoms with Crippen LogP contribution in [0.3, 0.4) is 0 Å². The van der Waals surface area contributed by atoms with Gasteiger partial charge in [-0.1, -0.05) is 36.4 Å². The predicted molar refractivity (Wildman–Crippen MR) is 171 cm³/mol. The Morgan fingerprint density at radius 2 is 1.75 bits per heavy atom. The van der Waals surface area contributed by atoms with Crippen molar-refractivity contribution < 1.29 is 40.7 Å². The molecule has 0 fully saturated rings. The number of amides is 2. The molecule has 1 aliphatic rings. The first-order valence-corrected chi connectivity index (χ1v) is 16.3. The van der Waals surface area contributed by atoms with Crippen LogP contribution in [0.1, 0.15) is 43.9 Å². The third-order valence-electron chi connectivity index (χ3n) is 7.06. The molecule has 2 N–H and O–H groups in total. The zero-order chi connectivity index (χ0) is 34.7. The lowest BCUT2D eigenvalue weighted by atomic mass is 10.1. The molecule has 2 amide bonds. The van der Waals surface area contributed by atoms with E-state index in [2.05, 4.69) is 15.7 Å². The van der Waals surface area contributed by atoms with E-state index in [-0.39, 0.29) is 30.1 Å². The van der Waals surface area contributed by atoms with E-state index in [9.17, 15) is 31.2 Å². The molecule has 1 aliphatic heterocycles. The summed E-state index contributed by atoms with van der Waals surface area (Å²) in [7, 11) is -4.61. The van der Waals surface area contributed by atoms with Gasteiger partial charge in [-0.05, 0) is 62.7 Å². The normalized spacial score (nSPS) is 14.9. The summed E-state index contributed by atoms with van der Waals surface area (Å²) >= 11 is 0. The summed E-state index contributed by atoms with van der Waals surface area (Å²) < 4.78 is 82.2. The van der Waals surface area contributed by atoms with Crippen molar-refractivity contribution in [2.45, 2.75) is 63.1 Å². The number of alkyl halides is 3. The highest BCUT2D eigenvalue weighted by atomic mass is 32.2. The summed E-state index contributed by atoms with van der Waals surface area (Å²) in [5, 5.41) is 9.62. The fourth-order valence-electron chi connectivity index (χ4n) is 4.94. The lowest BCUT2D eigenvalue weighted by molar-refractivity contribution is -0.137. The predicted octanol–water partition coefficient (Wildman–Crippen LogP) is 5.96. The van der Waals surface area contributed by atoms with Gasteiger partial charge in [0.1, 0.15) is 17.5 Å². The minimum Gasteiger partial charge on any atom is -0.486 e. The number of halogens is 3. The van der Waals surface area contributed by atoms with Gasteiger partial charge in [-0.25, -0.2) is 13.2 Å². The Morgan fingerprint density at radius 3 is 2.46 bits per heavy atom. The highest BCUT2D eigenvalue weighted by Gasteiger charge is 2.38. The number of anilines is 2. The number of nitrogens with zero attached hydrogens (tertiary/aromatic N) is 3. The molecular formula is C33H34F3N5O6S. The molecule has 1 aromatic heterocycles. The number of rotatable bonds is 9. The minimum atomic E-state index is -4.78. The SMILES string of the molecule is CC(C)(C)OC(=O)Nc1ccc2c(c1)N(S(=O)(=O)c1cccc(C(F)(F)F)c1)C[C@H](CC(=O)NCc1cnn(Cc3ccccc3)c1)O2. The largest absolute Gasteiger partial charge is 0.486 e. The van der Waals surface area contributed by atoms with E-state index in [0.29, 0.717) is 12.6 Å². The molecule has 0 saturated heterocycles. The van der Waals surface area contributed by atoms with Crippen molar-refractivity contribution in [3.8, 4) is 5.75 Å². The monoisotopic (exact) mass is 685 g/mol. The van der Waals surface area contributed by atoms with E-state index in [4.69, 9.17) is 9.47 Å². The van der Waals surface area contributed by atoms with Gasteiger partial charge in [-0.2, -0.15) is 18.3 Å². The molecule has 4 aromatic rings. The lowest BCUT2D eigenvalue weighted by Gasteiger charge is -2.35. The quantitative estimate of drug-likeness (QED) is 0.222. The topological polar surface area (TPSA) is 132 Å². The molecule has 1 atom stereocenters. The third kappa shape index (κ3) is 8.64. The van der Waals surface area contributed by atoms with Gasteiger partial charge in [0, 0.05) is 24.0 Å². The molecule has 11 nitrogen and oxygen atoms in total. The Balaban J connectivity index is 1.35. The Kier molecular flexibility index (Phi) is 9.71. The maximum absolute atomic E-state index is 13.9. The number of carbonyl (C=O) groups is 2. The first kappa shape index (κ1) is 34.3. The zero-order valence-electron chi connectivity index (χ0n) is 26.3. The molecule has 0 aliphatic carbocycles. The van der Waals surface area contributed by atoms with Crippen LogP contribution >= 0.6 is 0 Å². The molecule has 15 heteroatoms. The number of hydrogen-bond acceptors (Lipinski definition) is 7. The third-order valence-corrected chi connectivity index (χ3v) is 8.84. The molecule has 3 aromatic carbocycles. The molecule has 5 rings (SSSR count). The zero-order valence-corrected chi connectivity index (χ0v) is 27.1. The van der Waals surface area contributed by atoms with Crippen LogP contribution in [0.15, 0.2) is 90.1 Å². The van der Waals surface area contributed by atoms with Gasteiger partial charge in [-0.3, -0.25) is 19.1 Å². The van der Waals surface area contributed by atoms with Crippen LogP contribution in [0.25, 0.3) is 0 Å². The van der Waals surface area contributed by atoms with Crippen molar-refractivity contribution in [3.63, 3.8) is 0 Å². The average Bonchev–Trinajstić information content (AvgIpc) is 3.46. The summed E-state index contributed by atoms with van der Waals surface area (Å²) in [6, 6.07) is 17.3. The maximum Gasteiger partial charge on any atom is 0.416 e. The number of aromatic nitrogens is 2. The first-order chi connectivity index (χ1) is 22.6. The fraction of sp³-hybridized carbons (Fsp3) is 0.303. The molecule has 0 bridgehead atoms. The van der Waals surface area contributed by atoms with E-state index in [1.54, 1.807) is 37.8 Å². The van der Waals surface area contributed by atoms with Crippen LogP contribution < -0.4 is 19.7 Å². The van der Waals surface area contributed by atoms with Crippen molar-refractivity contribution in [2.24, 2.45) is 0 Å². The number of benzene rings is 3. The number of sulfonamides is 1. The van der Waals surface area contributed by atoms with Gasteiger partial charge in [0.2, 0.25) is 5.91 Å². The van der Waals surface area contributed by atoms with Crippen molar-refractivity contribution >= 4 is 33.4 Å². The molecule has 0 radical (unpaired) electrons. The Morgan fingerprint density at radius 1 is 1.00 bits per heavy atom. The second-order valence-electron chi connectivity index (χ2n) is 12.1. The second kappa shape index (κ2) is 13.6. The van der Waals surface area contributed by atoms with Crippen LogP contribution in [0.5, 0.6) is 5.75 Å². The molecule has 254 valence electrons. The van der Waals surface area contributed by atoms with Gasteiger partial charge < -0.3 is 14.8 Å². The van der Waals surface area contributed by atoms with Crippen LogP contribution in [-0.2, 0) is 38.8 Å². The van der Waals surface area contributed by atoms with Crippen molar-refractivity contribution in [1.29, 1.82) is 0 Å². The van der Waals surface area contributed by atoms with Gasteiger partial charge in [0.15, 0.2) is 0 Å². The summed E-state index contributed by atoms with van der Waals surface area (Å²) in [6.45, 7) is 5.33. The van der Waals surface area contributed by atoms with Gasteiger partial charge in [-0.15, -0.1) is 0 Å². The number of hydrogen-bond donors (Lipinski definition) is 2. The minimum absolute atomic E-state index is 0.0385. The van der Waals surface area contributed by atoms with Gasteiger partial charge >= 0.3 is 12.3 Å². The van der Waals surface area contributed by atoms with E-state index >= 15 is 0 Å². The standard InChI is InChI=1S/C33H34F3N5O6S/c1-32(2,3)47-31(43)39-25-12-13-29-28(15-25)41(48(44,45)27-11-7-10-24(14-27)33(34,35)36)21-26(46-29)16-30(42)37-17-23-18-38-40(20-23)19-22-8-5-4-6-9-22/h4-15,18,20,26H,16-17,19,21H2,1-3H3,(H,37,42)(H,39,43)/t26-/m0/s1.